The normalized spacial score (nSPS) is 12.4. The maximum Gasteiger partial charge on any atom is 0.136 e. The lowest BCUT2D eigenvalue weighted by molar-refractivity contribution is 0.643. The number of hydrogen-bond donors (Lipinski definition) is 0. The van der Waals surface area contributed by atoms with Crippen LogP contribution in [0.25, 0.3) is 5.69 Å². The number of aromatic nitrogens is 2. The zero-order chi connectivity index (χ0) is 14.7. The number of rotatable bonds is 5. The van der Waals surface area contributed by atoms with Gasteiger partial charge < -0.3 is 4.90 Å². The molecule has 0 fully saturated rings. The molecule has 0 bridgehead atoms. The lowest BCUT2D eigenvalue weighted by Crippen LogP contribution is -2.30. The Morgan fingerprint density at radius 2 is 1.95 bits per heavy atom. The summed E-state index contributed by atoms with van der Waals surface area (Å²) in [6.45, 7) is 6.53. The van der Waals surface area contributed by atoms with Crippen LogP contribution in [0, 0.1) is 6.92 Å². The number of halogens is 1. The van der Waals surface area contributed by atoms with Crippen LogP contribution in [-0.2, 0) is 5.33 Å². The molecule has 0 aliphatic heterocycles. The van der Waals surface area contributed by atoms with E-state index in [1.54, 1.807) is 0 Å². The van der Waals surface area contributed by atoms with Crippen LogP contribution in [0.1, 0.15) is 31.5 Å². The van der Waals surface area contributed by atoms with Crippen LogP contribution in [-0.4, -0.2) is 22.9 Å². The predicted octanol–water partition coefficient (Wildman–Crippen LogP) is 4.31. The highest BCUT2D eigenvalue weighted by Crippen LogP contribution is 2.29. The fraction of sp³-hybridized carbons (Fsp3) is 0.438. The zero-order valence-corrected chi connectivity index (χ0v) is 14.2. The molecular weight excluding hydrogens is 314 g/mol. The summed E-state index contributed by atoms with van der Waals surface area (Å²) < 4.78 is 2.05. The van der Waals surface area contributed by atoms with E-state index in [2.05, 4.69) is 65.5 Å². The average molecular weight is 336 g/mol. The van der Waals surface area contributed by atoms with E-state index in [1.807, 2.05) is 18.2 Å². The summed E-state index contributed by atoms with van der Waals surface area (Å²) in [4.78, 5) is 2.32. The number of hydrogen-bond acceptors (Lipinski definition) is 2. The molecule has 1 unspecified atom stereocenters. The second-order valence-electron chi connectivity index (χ2n) is 5.14. The van der Waals surface area contributed by atoms with Crippen molar-refractivity contribution in [1.29, 1.82) is 0 Å². The molecular formula is C16H22BrN3. The Hall–Kier alpha value is -1.29. The van der Waals surface area contributed by atoms with Gasteiger partial charge in [0.1, 0.15) is 5.82 Å². The number of para-hydroxylation sites is 1. The number of alkyl halides is 1. The summed E-state index contributed by atoms with van der Waals surface area (Å²) >= 11 is 3.60. The SMILES string of the molecule is CCC(C)N(C)c1c(CBr)c(C)nn1-c1ccccc1. The van der Waals surface area contributed by atoms with Gasteiger partial charge in [0.05, 0.1) is 11.4 Å². The Kier molecular flexibility index (Phi) is 4.86. The Balaban J connectivity index is 2.58. The third-order valence-electron chi connectivity index (χ3n) is 3.88. The van der Waals surface area contributed by atoms with Crippen molar-refractivity contribution >= 4 is 21.7 Å². The van der Waals surface area contributed by atoms with Crippen molar-refractivity contribution in [1.82, 2.24) is 9.78 Å². The van der Waals surface area contributed by atoms with Crippen molar-refractivity contribution in [2.75, 3.05) is 11.9 Å². The molecule has 0 aliphatic rings. The first-order valence-electron chi connectivity index (χ1n) is 7.02. The highest BCUT2D eigenvalue weighted by molar-refractivity contribution is 9.08. The van der Waals surface area contributed by atoms with E-state index >= 15 is 0 Å². The first-order chi connectivity index (χ1) is 9.60. The van der Waals surface area contributed by atoms with E-state index in [0.29, 0.717) is 6.04 Å². The molecule has 0 N–H and O–H groups in total. The molecule has 20 heavy (non-hydrogen) atoms. The molecule has 2 aromatic rings. The summed E-state index contributed by atoms with van der Waals surface area (Å²) in [5.41, 5.74) is 3.44. The van der Waals surface area contributed by atoms with Crippen molar-refractivity contribution in [3.05, 3.63) is 41.6 Å². The Morgan fingerprint density at radius 1 is 1.30 bits per heavy atom. The quantitative estimate of drug-likeness (QED) is 0.759. The summed E-state index contributed by atoms with van der Waals surface area (Å²) in [5, 5.41) is 5.56. The van der Waals surface area contributed by atoms with Crippen molar-refractivity contribution in [3.63, 3.8) is 0 Å². The molecule has 0 saturated carbocycles. The van der Waals surface area contributed by atoms with Crippen LogP contribution in [0.2, 0.25) is 0 Å². The molecule has 3 nitrogen and oxygen atoms in total. The highest BCUT2D eigenvalue weighted by Gasteiger charge is 2.21. The van der Waals surface area contributed by atoms with Gasteiger partial charge in [-0.15, -0.1) is 0 Å². The molecule has 0 saturated heterocycles. The van der Waals surface area contributed by atoms with Gasteiger partial charge in [-0.1, -0.05) is 41.1 Å². The van der Waals surface area contributed by atoms with Gasteiger partial charge in [-0.2, -0.15) is 5.10 Å². The summed E-state index contributed by atoms with van der Waals surface area (Å²) in [7, 11) is 2.15. The van der Waals surface area contributed by atoms with Crippen LogP contribution >= 0.6 is 15.9 Å². The molecule has 0 amide bonds. The van der Waals surface area contributed by atoms with Gasteiger partial charge in [0, 0.05) is 24.0 Å². The van der Waals surface area contributed by atoms with Crippen molar-refractivity contribution in [2.24, 2.45) is 0 Å². The maximum atomic E-state index is 4.73. The Bertz CT molecular complexity index is 563. The van der Waals surface area contributed by atoms with E-state index in [-0.39, 0.29) is 0 Å². The lowest BCUT2D eigenvalue weighted by Gasteiger charge is -2.27. The van der Waals surface area contributed by atoms with Crippen LogP contribution in [0.15, 0.2) is 30.3 Å². The molecule has 108 valence electrons. The second kappa shape index (κ2) is 6.44. The number of nitrogens with zero attached hydrogens (tertiary/aromatic N) is 3. The van der Waals surface area contributed by atoms with E-state index in [1.165, 1.54) is 11.4 Å². The molecule has 0 spiro atoms. The van der Waals surface area contributed by atoms with E-state index in [9.17, 15) is 0 Å². The van der Waals surface area contributed by atoms with Gasteiger partial charge in [-0.25, -0.2) is 4.68 Å². The minimum absolute atomic E-state index is 0.478. The topological polar surface area (TPSA) is 21.1 Å². The van der Waals surface area contributed by atoms with Gasteiger partial charge in [0.25, 0.3) is 0 Å². The summed E-state index contributed by atoms with van der Waals surface area (Å²) in [6, 6.07) is 10.8. The fourth-order valence-electron chi connectivity index (χ4n) is 2.30. The molecule has 1 aromatic heterocycles. The number of benzene rings is 1. The molecule has 1 heterocycles. The van der Waals surface area contributed by atoms with Crippen LogP contribution < -0.4 is 4.90 Å². The first kappa shape index (κ1) is 15.1. The second-order valence-corrected chi connectivity index (χ2v) is 5.70. The molecule has 2 rings (SSSR count). The van der Waals surface area contributed by atoms with Crippen LogP contribution in [0.3, 0.4) is 0 Å². The predicted molar refractivity (Wildman–Crippen MR) is 89.1 cm³/mol. The molecule has 0 radical (unpaired) electrons. The monoisotopic (exact) mass is 335 g/mol. The first-order valence-corrected chi connectivity index (χ1v) is 8.15. The molecule has 0 aliphatic carbocycles. The highest BCUT2D eigenvalue weighted by atomic mass is 79.9. The van der Waals surface area contributed by atoms with Crippen molar-refractivity contribution < 1.29 is 0 Å². The fourth-order valence-corrected chi connectivity index (χ4v) is 2.95. The van der Waals surface area contributed by atoms with E-state index < -0.39 is 0 Å². The smallest absolute Gasteiger partial charge is 0.136 e. The van der Waals surface area contributed by atoms with Crippen molar-refractivity contribution in [3.8, 4) is 5.69 Å². The average Bonchev–Trinajstić information content (AvgIpc) is 2.83. The Labute approximate surface area is 129 Å². The van der Waals surface area contributed by atoms with E-state index in [4.69, 9.17) is 5.10 Å². The molecule has 1 atom stereocenters. The minimum Gasteiger partial charge on any atom is -0.357 e. The summed E-state index contributed by atoms with van der Waals surface area (Å²) in [5.74, 6) is 1.18. The maximum absolute atomic E-state index is 4.73. The van der Waals surface area contributed by atoms with Crippen molar-refractivity contribution in [2.45, 2.75) is 38.6 Å². The molecule has 1 aromatic carbocycles. The van der Waals surface area contributed by atoms with Gasteiger partial charge in [-0.05, 0) is 32.4 Å². The molecule has 4 heteroatoms. The number of anilines is 1. The van der Waals surface area contributed by atoms with Crippen LogP contribution in [0.5, 0.6) is 0 Å². The number of aryl methyl sites for hydroxylation is 1. The summed E-state index contributed by atoms with van der Waals surface area (Å²) in [6.07, 6.45) is 1.11. The largest absolute Gasteiger partial charge is 0.357 e. The zero-order valence-electron chi connectivity index (χ0n) is 12.6. The Morgan fingerprint density at radius 3 is 2.50 bits per heavy atom. The van der Waals surface area contributed by atoms with Gasteiger partial charge in [0.15, 0.2) is 0 Å². The van der Waals surface area contributed by atoms with Gasteiger partial charge in [0.2, 0.25) is 0 Å². The van der Waals surface area contributed by atoms with Gasteiger partial charge >= 0.3 is 0 Å². The third-order valence-corrected chi connectivity index (χ3v) is 4.44. The van der Waals surface area contributed by atoms with Gasteiger partial charge in [-0.3, -0.25) is 0 Å². The van der Waals surface area contributed by atoms with E-state index in [0.717, 1.165) is 23.1 Å². The lowest BCUT2D eigenvalue weighted by atomic mass is 10.2. The standard InChI is InChI=1S/C16H22BrN3/c1-5-12(2)19(4)16-15(11-17)13(3)18-20(16)14-9-7-6-8-10-14/h6-10,12H,5,11H2,1-4H3. The van der Waals surface area contributed by atoms with Crippen LogP contribution in [0.4, 0.5) is 5.82 Å². The third kappa shape index (κ3) is 2.75. The minimum atomic E-state index is 0.478.